The van der Waals surface area contributed by atoms with E-state index in [9.17, 15) is 4.79 Å². The summed E-state index contributed by atoms with van der Waals surface area (Å²) in [6.45, 7) is 2.08. The summed E-state index contributed by atoms with van der Waals surface area (Å²) in [6, 6.07) is 16.4. The van der Waals surface area contributed by atoms with Crippen LogP contribution in [0.3, 0.4) is 0 Å². The first-order chi connectivity index (χ1) is 15.6. The molecule has 0 aliphatic heterocycles. The van der Waals surface area contributed by atoms with Crippen molar-refractivity contribution in [2.24, 2.45) is 0 Å². The zero-order chi connectivity index (χ0) is 22.7. The molecule has 7 heteroatoms. The van der Waals surface area contributed by atoms with Gasteiger partial charge in [0.1, 0.15) is 5.52 Å². The molecule has 1 aromatic heterocycles. The molecule has 32 heavy (non-hydrogen) atoms. The number of hydrogen-bond donors (Lipinski definition) is 1. The first kappa shape index (κ1) is 21.2. The Morgan fingerprint density at radius 1 is 0.938 bits per heavy atom. The number of carbonyl (C=O) groups excluding carboxylic acids is 1. The lowest BCUT2D eigenvalue weighted by Crippen LogP contribution is -2.11. The molecule has 0 fully saturated rings. The predicted octanol–water partition coefficient (Wildman–Crippen LogP) is 5.34. The number of ether oxygens (including phenoxy) is 3. The normalized spacial score (nSPS) is 10.8. The third-order valence-electron chi connectivity index (χ3n) is 5.18. The highest BCUT2D eigenvalue weighted by molar-refractivity contribution is 6.05. The standard InChI is InChI=1S/C25H24N2O5/c1-5-15-6-8-16(9-7-15)24(28)26-18-10-11-20-19(14-18)27-25(32-20)17-12-21(29-2)23(31-4)22(13-17)30-3/h6-14H,5H2,1-4H3,(H,26,28). The van der Waals surface area contributed by atoms with Gasteiger partial charge in [-0.2, -0.15) is 0 Å². The van der Waals surface area contributed by atoms with Crippen LogP contribution in [-0.4, -0.2) is 32.2 Å². The second kappa shape index (κ2) is 9.01. The van der Waals surface area contributed by atoms with Crippen LogP contribution >= 0.6 is 0 Å². The van der Waals surface area contributed by atoms with E-state index in [0.29, 0.717) is 51.1 Å². The smallest absolute Gasteiger partial charge is 0.255 e. The van der Waals surface area contributed by atoms with Crippen LogP contribution in [-0.2, 0) is 6.42 Å². The van der Waals surface area contributed by atoms with Crippen LogP contribution < -0.4 is 19.5 Å². The van der Waals surface area contributed by atoms with Gasteiger partial charge >= 0.3 is 0 Å². The van der Waals surface area contributed by atoms with Gasteiger partial charge in [-0.1, -0.05) is 19.1 Å². The molecule has 0 aliphatic carbocycles. The summed E-state index contributed by atoms with van der Waals surface area (Å²) in [7, 11) is 4.66. The number of anilines is 1. The van der Waals surface area contributed by atoms with E-state index >= 15 is 0 Å². The zero-order valence-electron chi connectivity index (χ0n) is 18.4. The summed E-state index contributed by atoms with van der Waals surface area (Å²) in [4.78, 5) is 17.2. The molecule has 1 heterocycles. The number of nitrogens with zero attached hydrogens (tertiary/aromatic N) is 1. The van der Waals surface area contributed by atoms with Crippen molar-refractivity contribution in [1.82, 2.24) is 4.98 Å². The lowest BCUT2D eigenvalue weighted by Gasteiger charge is -2.12. The zero-order valence-corrected chi connectivity index (χ0v) is 18.4. The number of methoxy groups -OCH3 is 3. The van der Waals surface area contributed by atoms with E-state index in [0.717, 1.165) is 6.42 Å². The van der Waals surface area contributed by atoms with E-state index in [1.54, 1.807) is 51.7 Å². The number of amides is 1. The Labute approximate surface area is 185 Å². The third-order valence-corrected chi connectivity index (χ3v) is 5.18. The maximum Gasteiger partial charge on any atom is 0.255 e. The molecule has 0 saturated heterocycles. The molecule has 1 amide bonds. The van der Waals surface area contributed by atoms with Gasteiger partial charge in [0, 0.05) is 16.8 Å². The van der Waals surface area contributed by atoms with E-state index in [1.807, 2.05) is 24.3 Å². The van der Waals surface area contributed by atoms with Crippen LogP contribution in [0.15, 0.2) is 59.0 Å². The van der Waals surface area contributed by atoms with Gasteiger partial charge in [-0.15, -0.1) is 0 Å². The van der Waals surface area contributed by atoms with E-state index in [2.05, 4.69) is 17.2 Å². The number of carbonyl (C=O) groups is 1. The summed E-state index contributed by atoms with van der Waals surface area (Å²) in [6.07, 6.45) is 0.930. The van der Waals surface area contributed by atoms with Crippen molar-refractivity contribution in [3.63, 3.8) is 0 Å². The molecule has 4 aromatic rings. The minimum Gasteiger partial charge on any atom is -0.493 e. The molecule has 0 spiro atoms. The summed E-state index contributed by atoms with van der Waals surface area (Å²) in [5.41, 5.74) is 4.31. The Hall–Kier alpha value is -4.00. The van der Waals surface area contributed by atoms with Crippen molar-refractivity contribution in [2.75, 3.05) is 26.6 Å². The first-order valence-corrected chi connectivity index (χ1v) is 10.2. The van der Waals surface area contributed by atoms with Crippen molar-refractivity contribution < 1.29 is 23.4 Å². The second-order valence-electron chi connectivity index (χ2n) is 7.12. The largest absolute Gasteiger partial charge is 0.493 e. The lowest BCUT2D eigenvalue weighted by molar-refractivity contribution is 0.102. The maximum atomic E-state index is 12.6. The first-order valence-electron chi connectivity index (χ1n) is 10.2. The predicted molar refractivity (Wildman–Crippen MR) is 123 cm³/mol. The molecule has 4 rings (SSSR count). The van der Waals surface area contributed by atoms with Crippen molar-refractivity contribution >= 4 is 22.7 Å². The third kappa shape index (κ3) is 4.09. The fraction of sp³-hybridized carbons (Fsp3) is 0.200. The number of hydrogen-bond acceptors (Lipinski definition) is 6. The van der Waals surface area contributed by atoms with Crippen LogP contribution in [0, 0.1) is 0 Å². The second-order valence-corrected chi connectivity index (χ2v) is 7.12. The fourth-order valence-corrected chi connectivity index (χ4v) is 3.43. The van der Waals surface area contributed by atoms with Crippen molar-refractivity contribution in [2.45, 2.75) is 13.3 Å². The minimum atomic E-state index is -0.180. The highest BCUT2D eigenvalue weighted by Crippen LogP contribution is 2.41. The Balaban J connectivity index is 1.62. The van der Waals surface area contributed by atoms with Crippen LogP contribution in [0.5, 0.6) is 17.2 Å². The monoisotopic (exact) mass is 432 g/mol. The summed E-state index contributed by atoms with van der Waals surface area (Å²) in [5.74, 6) is 1.72. The topological polar surface area (TPSA) is 82.8 Å². The Bertz CT molecular complexity index is 1240. The fourth-order valence-electron chi connectivity index (χ4n) is 3.43. The van der Waals surface area contributed by atoms with Gasteiger partial charge in [-0.05, 0) is 54.4 Å². The average molecular weight is 432 g/mol. The van der Waals surface area contributed by atoms with Gasteiger partial charge in [0.25, 0.3) is 5.91 Å². The highest BCUT2D eigenvalue weighted by atomic mass is 16.5. The van der Waals surface area contributed by atoms with Gasteiger partial charge in [0.2, 0.25) is 11.6 Å². The number of fused-ring (bicyclic) bond motifs is 1. The SMILES string of the molecule is CCc1ccc(C(=O)Nc2ccc3oc(-c4cc(OC)c(OC)c(OC)c4)nc3c2)cc1. The number of aromatic nitrogens is 1. The molecule has 0 atom stereocenters. The van der Waals surface area contributed by atoms with Crippen LogP contribution in [0.25, 0.3) is 22.6 Å². The van der Waals surface area contributed by atoms with E-state index in [4.69, 9.17) is 18.6 Å². The molecule has 0 radical (unpaired) electrons. The number of aryl methyl sites for hydroxylation is 1. The Kier molecular flexibility index (Phi) is 5.98. The molecule has 3 aromatic carbocycles. The van der Waals surface area contributed by atoms with E-state index in [-0.39, 0.29) is 5.91 Å². The molecule has 0 bridgehead atoms. The van der Waals surface area contributed by atoms with E-state index in [1.165, 1.54) is 5.56 Å². The summed E-state index contributed by atoms with van der Waals surface area (Å²) in [5, 5.41) is 2.91. The molecule has 164 valence electrons. The number of benzene rings is 3. The van der Waals surface area contributed by atoms with Gasteiger partial charge in [0.15, 0.2) is 17.1 Å². The van der Waals surface area contributed by atoms with Crippen molar-refractivity contribution in [3.05, 3.63) is 65.7 Å². The van der Waals surface area contributed by atoms with Crippen LogP contribution in [0.1, 0.15) is 22.8 Å². The molecular formula is C25H24N2O5. The molecular weight excluding hydrogens is 408 g/mol. The average Bonchev–Trinajstić information content (AvgIpc) is 3.26. The Morgan fingerprint density at radius 3 is 2.22 bits per heavy atom. The molecule has 1 N–H and O–H groups in total. The number of oxazole rings is 1. The Morgan fingerprint density at radius 2 is 1.62 bits per heavy atom. The molecule has 7 nitrogen and oxygen atoms in total. The maximum absolute atomic E-state index is 12.6. The summed E-state index contributed by atoms with van der Waals surface area (Å²) < 4.78 is 22.1. The lowest BCUT2D eigenvalue weighted by atomic mass is 10.1. The van der Waals surface area contributed by atoms with Gasteiger partial charge in [0.05, 0.1) is 21.3 Å². The van der Waals surface area contributed by atoms with Crippen molar-refractivity contribution in [1.29, 1.82) is 0 Å². The van der Waals surface area contributed by atoms with Crippen molar-refractivity contribution in [3.8, 4) is 28.7 Å². The van der Waals surface area contributed by atoms with Gasteiger partial charge in [-0.3, -0.25) is 4.79 Å². The van der Waals surface area contributed by atoms with Crippen LogP contribution in [0.4, 0.5) is 5.69 Å². The summed E-state index contributed by atoms with van der Waals surface area (Å²) >= 11 is 0. The van der Waals surface area contributed by atoms with Gasteiger partial charge in [-0.25, -0.2) is 4.98 Å². The quantitative estimate of drug-likeness (QED) is 0.425. The van der Waals surface area contributed by atoms with Crippen LogP contribution in [0.2, 0.25) is 0 Å². The number of rotatable bonds is 7. The van der Waals surface area contributed by atoms with E-state index < -0.39 is 0 Å². The molecule has 0 unspecified atom stereocenters. The molecule has 0 aliphatic rings. The molecule has 0 saturated carbocycles. The number of nitrogens with one attached hydrogen (secondary N) is 1. The highest BCUT2D eigenvalue weighted by Gasteiger charge is 2.17. The van der Waals surface area contributed by atoms with Gasteiger partial charge < -0.3 is 23.9 Å². The minimum absolute atomic E-state index is 0.180.